The Morgan fingerprint density at radius 3 is 2.14 bits per heavy atom. The van der Waals surface area contributed by atoms with E-state index < -0.39 is 15.8 Å². The number of sulfonamides is 1. The molecule has 0 amide bonds. The van der Waals surface area contributed by atoms with E-state index in [9.17, 15) is 17.2 Å². The van der Waals surface area contributed by atoms with Crippen LogP contribution in [0.4, 0.5) is 14.5 Å². The molecule has 2 aromatic carbocycles. The second-order valence-corrected chi connectivity index (χ2v) is 6.89. The van der Waals surface area contributed by atoms with Gasteiger partial charge >= 0.3 is 0 Å². The Morgan fingerprint density at radius 2 is 1.64 bits per heavy atom. The van der Waals surface area contributed by atoms with E-state index in [1.54, 1.807) is 0 Å². The molecule has 0 radical (unpaired) electrons. The highest BCUT2D eigenvalue weighted by Crippen LogP contribution is 2.26. The zero-order valence-corrected chi connectivity index (χ0v) is 12.7. The number of hydrogen-bond donors (Lipinski definition) is 1. The molecule has 0 spiro atoms. The van der Waals surface area contributed by atoms with Gasteiger partial charge in [-0.3, -0.25) is 4.72 Å². The number of benzene rings is 2. The zero-order chi connectivity index (χ0) is 16.2. The summed E-state index contributed by atoms with van der Waals surface area (Å²) in [4.78, 5) is 0.355. The lowest BCUT2D eigenvalue weighted by Crippen LogP contribution is -2.12. The summed E-state index contributed by atoms with van der Waals surface area (Å²) in [6.45, 7) is 0. The molecule has 4 nitrogen and oxygen atoms in total. The van der Waals surface area contributed by atoms with Crippen molar-refractivity contribution in [1.82, 2.24) is 0 Å². The number of anilines is 1. The number of nitrogens with zero attached hydrogens (tertiary/aromatic N) is 1. The summed E-state index contributed by atoms with van der Waals surface area (Å²) in [5.74, 6) is -2.53. The Labute approximate surface area is 130 Å². The van der Waals surface area contributed by atoms with Crippen LogP contribution in [-0.2, 0) is 10.0 Å². The largest absolute Gasteiger partial charge is 0.288 e. The molecule has 0 unspecified atom stereocenters. The van der Waals surface area contributed by atoms with Gasteiger partial charge in [-0.15, -0.1) is 0 Å². The first-order chi connectivity index (χ1) is 10.4. The van der Waals surface area contributed by atoms with Crippen LogP contribution in [-0.4, -0.2) is 14.2 Å². The van der Waals surface area contributed by atoms with Crippen molar-refractivity contribution in [1.29, 1.82) is 5.26 Å². The maximum absolute atomic E-state index is 12.2. The summed E-state index contributed by atoms with van der Waals surface area (Å²) < 4.78 is 51.0. The molecular formula is C14H10F2N2O2S2. The summed E-state index contributed by atoms with van der Waals surface area (Å²) in [5, 5.41) is 8.68. The summed E-state index contributed by atoms with van der Waals surface area (Å²) in [6.07, 6.45) is 0. The molecule has 0 bridgehead atoms. The van der Waals surface area contributed by atoms with Gasteiger partial charge in [0.25, 0.3) is 15.8 Å². The van der Waals surface area contributed by atoms with Gasteiger partial charge in [0.1, 0.15) is 0 Å². The van der Waals surface area contributed by atoms with Crippen molar-refractivity contribution in [3.05, 3.63) is 54.1 Å². The molecule has 0 saturated heterocycles. The fourth-order valence-corrected chi connectivity index (χ4v) is 3.18. The van der Waals surface area contributed by atoms with Crippen molar-refractivity contribution in [2.45, 2.75) is 15.5 Å². The number of hydrogen-bond acceptors (Lipinski definition) is 4. The SMILES string of the molecule is N#Cc1ccc(S(=O)(=O)Nc2ccc(SC(F)F)cc2)cc1. The number of nitriles is 1. The molecule has 114 valence electrons. The minimum absolute atomic E-state index is 0.0116. The van der Waals surface area contributed by atoms with Gasteiger partial charge < -0.3 is 0 Å². The monoisotopic (exact) mass is 340 g/mol. The van der Waals surface area contributed by atoms with Crippen molar-refractivity contribution in [3.63, 3.8) is 0 Å². The van der Waals surface area contributed by atoms with Gasteiger partial charge in [-0.05, 0) is 48.5 Å². The second-order valence-electron chi connectivity index (χ2n) is 4.14. The maximum atomic E-state index is 12.2. The van der Waals surface area contributed by atoms with Gasteiger partial charge in [0.15, 0.2) is 0 Å². The minimum atomic E-state index is -3.79. The fourth-order valence-electron chi connectivity index (χ4n) is 1.63. The molecule has 22 heavy (non-hydrogen) atoms. The van der Waals surface area contributed by atoms with Crippen LogP contribution in [0.15, 0.2) is 58.3 Å². The Kier molecular flexibility index (Phi) is 5.00. The van der Waals surface area contributed by atoms with E-state index in [2.05, 4.69) is 4.72 Å². The summed E-state index contributed by atoms with van der Waals surface area (Å²) in [7, 11) is -3.79. The van der Waals surface area contributed by atoms with E-state index in [-0.39, 0.29) is 10.6 Å². The van der Waals surface area contributed by atoms with Crippen molar-refractivity contribution in [2.75, 3.05) is 4.72 Å². The van der Waals surface area contributed by atoms with Crippen LogP contribution in [0.1, 0.15) is 5.56 Å². The van der Waals surface area contributed by atoms with Crippen LogP contribution >= 0.6 is 11.8 Å². The highest BCUT2D eigenvalue weighted by atomic mass is 32.2. The summed E-state index contributed by atoms with van der Waals surface area (Å²) in [5.41, 5.74) is 0.621. The van der Waals surface area contributed by atoms with Crippen molar-refractivity contribution in [3.8, 4) is 6.07 Å². The number of rotatable bonds is 5. The predicted molar refractivity (Wildman–Crippen MR) is 80.3 cm³/mol. The van der Waals surface area contributed by atoms with Crippen LogP contribution in [0.3, 0.4) is 0 Å². The van der Waals surface area contributed by atoms with E-state index >= 15 is 0 Å². The van der Waals surface area contributed by atoms with Crippen LogP contribution in [0.2, 0.25) is 0 Å². The first-order valence-electron chi connectivity index (χ1n) is 5.98. The predicted octanol–water partition coefficient (Wildman–Crippen LogP) is 3.67. The topological polar surface area (TPSA) is 70.0 Å². The Balaban J connectivity index is 2.16. The van der Waals surface area contributed by atoms with Gasteiger partial charge in [-0.25, -0.2) is 8.42 Å². The van der Waals surface area contributed by atoms with E-state index in [0.29, 0.717) is 22.2 Å². The number of nitrogens with one attached hydrogen (secondary N) is 1. The van der Waals surface area contributed by atoms with Crippen molar-refractivity contribution in [2.24, 2.45) is 0 Å². The maximum Gasteiger partial charge on any atom is 0.288 e. The molecule has 2 rings (SSSR count). The van der Waals surface area contributed by atoms with Crippen molar-refractivity contribution >= 4 is 27.5 Å². The molecule has 8 heteroatoms. The van der Waals surface area contributed by atoms with Crippen LogP contribution in [0.25, 0.3) is 0 Å². The quantitative estimate of drug-likeness (QED) is 0.843. The van der Waals surface area contributed by atoms with Gasteiger partial charge in [-0.1, -0.05) is 11.8 Å². The lowest BCUT2D eigenvalue weighted by Gasteiger charge is -2.09. The highest BCUT2D eigenvalue weighted by molar-refractivity contribution is 7.99. The number of halogens is 2. The normalized spacial score (nSPS) is 11.2. The molecule has 0 aromatic heterocycles. The lowest BCUT2D eigenvalue weighted by molar-refractivity contribution is 0.252. The minimum Gasteiger partial charge on any atom is -0.280 e. The summed E-state index contributed by atoms with van der Waals surface area (Å²) in [6, 6.07) is 13.0. The van der Waals surface area contributed by atoms with E-state index in [4.69, 9.17) is 5.26 Å². The Morgan fingerprint density at radius 1 is 1.05 bits per heavy atom. The van der Waals surface area contributed by atoms with Gasteiger partial charge in [0, 0.05) is 10.6 Å². The molecule has 0 saturated carbocycles. The Bertz CT molecular complexity index is 783. The molecule has 0 heterocycles. The standard InChI is InChI=1S/C14H10F2N2O2S2/c15-14(16)21-12-5-3-11(4-6-12)18-22(19,20)13-7-1-10(9-17)2-8-13/h1-8,14,18H. The third-order valence-corrected chi connectivity index (χ3v) is 4.75. The summed E-state index contributed by atoms with van der Waals surface area (Å²) >= 11 is 0.384. The second kappa shape index (κ2) is 6.77. The molecular weight excluding hydrogens is 330 g/mol. The van der Waals surface area contributed by atoms with Crippen LogP contribution < -0.4 is 4.72 Å². The number of thioether (sulfide) groups is 1. The Hall–Kier alpha value is -2.11. The third kappa shape index (κ3) is 4.19. The van der Waals surface area contributed by atoms with Crippen LogP contribution in [0, 0.1) is 11.3 Å². The van der Waals surface area contributed by atoms with E-state index in [1.807, 2.05) is 6.07 Å². The van der Waals surface area contributed by atoms with Crippen molar-refractivity contribution < 1.29 is 17.2 Å². The first kappa shape index (κ1) is 16.3. The average molecular weight is 340 g/mol. The van der Waals surface area contributed by atoms with Gasteiger partial charge in [0.05, 0.1) is 16.5 Å². The average Bonchev–Trinajstić information content (AvgIpc) is 2.48. The molecule has 0 aliphatic rings. The van der Waals surface area contributed by atoms with Gasteiger partial charge in [-0.2, -0.15) is 14.0 Å². The smallest absolute Gasteiger partial charge is 0.280 e. The molecule has 1 N–H and O–H groups in total. The van der Waals surface area contributed by atoms with E-state index in [0.717, 1.165) is 0 Å². The molecule has 0 fully saturated rings. The molecule has 0 atom stereocenters. The van der Waals surface area contributed by atoms with Gasteiger partial charge in [0.2, 0.25) is 0 Å². The molecule has 0 aliphatic carbocycles. The highest BCUT2D eigenvalue weighted by Gasteiger charge is 2.14. The van der Waals surface area contributed by atoms with E-state index in [1.165, 1.54) is 48.5 Å². The lowest BCUT2D eigenvalue weighted by atomic mass is 10.2. The first-order valence-corrected chi connectivity index (χ1v) is 8.35. The number of alkyl halides is 2. The fraction of sp³-hybridized carbons (Fsp3) is 0.0714. The molecule has 0 aliphatic heterocycles. The molecule has 2 aromatic rings. The third-order valence-electron chi connectivity index (χ3n) is 2.63. The van der Waals surface area contributed by atoms with Crippen LogP contribution in [0.5, 0.6) is 0 Å². The zero-order valence-electron chi connectivity index (χ0n) is 11.0.